The number of aromatic nitrogens is 1. The highest BCUT2D eigenvalue weighted by Gasteiger charge is 2.20. The minimum absolute atomic E-state index is 0.179. The number of hydrogen-bond acceptors (Lipinski definition) is 5. The van der Waals surface area contributed by atoms with Crippen LogP contribution >= 0.6 is 23.4 Å². The molecule has 7 heteroatoms. The van der Waals surface area contributed by atoms with E-state index in [1.807, 2.05) is 54.3 Å². The molecule has 3 aromatic rings. The van der Waals surface area contributed by atoms with Gasteiger partial charge in [-0.2, -0.15) is 0 Å². The van der Waals surface area contributed by atoms with Gasteiger partial charge in [-0.25, -0.2) is 0 Å². The average Bonchev–Trinajstić information content (AvgIpc) is 2.98. The maximum absolute atomic E-state index is 12.8. The second kappa shape index (κ2) is 9.20. The van der Waals surface area contributed by atoms with E-state index in [9.17, 15) is 4.79 Å². The van der Waals surface area contributed by atoms with E-state index in [0.717, 1.165) is 71.3 Å². The van der Waals surface area contributed by atoms with Crippen LogP contribution in [0.25, 0.3) is 10.8 Å². The smallest absolute Gasteiger partial charge is 0.232 e. The van der Waals surface area contributed by atoms with Crippen molar-refractivity contribution in [2.75, 3.05) is 31.9 Å². The Balaban J connectivity index is 1.35. The molecule has 1 saturated heterocycles. The molecule has 0 N–H and O–H groups in total. The van der Waals surface area contributed by atoms with Crippen molar-refractivity contribution in [3.05, 3.63) is 58.9 Å². The van der Waals surface area contributed by atoms with E-state index in [1.54, 1.807) is 11.8 Å². The van der Waals surface area contributed by atoms with Gasteiger partial charge >= 0.3 is 0 Å². The summed E-state index contributed by atoms with van der Waals surface area (Å²) >= 11 is 7.97. The minimum Gasteiger partial charge on any atom is -0.361 e. The van der Waals surface area contributed by atoms with E-state index in [0.29, 0.717) is 5.75 Å². The summed E-state index contributed by atoms with van der Waals surface area (Å²) in [6.07, 6.45) is 0.966. The molecule has 1 aromatic heterocycles. The number of hydrogen-bond donors (Lipinski definition) is 0. The van der Waals surface area contributed by atoms with Gasteiger partial charge in [0.15, 0.2) is 0 Å². The first-order chi connectivity index (χ1) is 14.1. The summed E-state index contributed by atoms with van der Waals surface area (Å²) in [7, 11) is 0. The minimum atomic E-state index is 0.179. The summed E-state index contributed by atoms with van der Waals surface area (Å²) in [5.41, 5.74) is 0.950. The molecule has 2 aromatic carbocycles. The largest absolute Gasteiger partial charge is 0.361 e. The van der Waals surface area contributed by atoms with Crippen molar-refractivity contribution in [3.8, 4) is 0 Å². The van der Waals surface area contributed by atoms with Gasteiger partial charge in [0.2, 0.25) is 5.91 Å². The fourth-order valence-corrected chi connectivity index (χ4v) is 5.06. The molecule has 0 unspecified atom stereocenters. The molecule has 1 aliphatic heterocycles. The van der Waals surface area contributed by atoms with Gasteiger partial charge in [0.25, 0.3) is 0 Å². The van der Waals surface area contributed by atoms with E-state index < -0.39 is 0 Å². The Kier molecular flexibility index (Phi) is 6.43. The predicted molar refractivity (Wildman–Crippen MR) is 117 cm³/mol. The summed E-state index contributed by atoms with van der Waals surface area (Å²) in [5.74, 6) is 1.43. The van der Waals surface area contributed by atoms with Crippen LogP contribution in [-0.2, 0) is 11.3 Å². The molecule has 1 aliphatic rings. The van der Waals surface area contributed by atoms with Crippen molar-refractivity contribution in [3.63, 3.8) is 0 Å². The van der Waals surface area contributed by atoms with Crippen LogP contribution in [0.4, 0.5) is 0 Å². The Morgan fingerprint density at radius 1 is 1.17 bits per heavy atom. The van der Waals surface area contributed by atoms with E-state index in [1.165, 1.54) is 0 Å². The van der Waals surface area contributed by atoms with Crippen LogP contribution in [0.15, 0.2) is 51.9 Å². The number of aryl methyl sites for hydroxylation is 1. The van der Waals surface area contributed by atoms with E-state index in [2.05, 4.69) is 10.1 Å². The highest BCUT2D eigenvalue weighted by Crippen LogP contribution is 2.33. The third-order valence-electron chi connectivity index (χ3n) is 5.17. The number of rotatable bonds is 5. The van der Waals surface area contributed by atoms with E-state index >= 15 is 0 Å². The molecule has 0 bridgehead atoms. The van der Waals surface area contributed by atoms with Crippen molar-refractivity contribution >= 4 is 40.0 Å². The molecule has 0 spiro atoms. The van der Waals surface area contributed by atoms with Crippen LogP contribution in [0.2, 0.25) is 5.02 Å². The Hall–Kier alpha value is -2.02. The Labute approximate surface area is 180 Å². The lowest BCUT2D eigenvalue weighted by Crippen LogP contribution is -2.36. The summed E-state index contributed by atoms with van der Waals surface area (Å²) < 4.78 is 5.16. The van der Waals surface area contributed by atoms with E-state index in [4.69, 9.17) is 16.1 Å². The van der Waals surface area contributed by atoms with Crippen molar-refractivity contribution in [2.24, 2.45) is 0 Å². The summed E-state index contributed by atoms with van der Waals surface area (Å²) in [4.78, 5) is 18.2. The van der Waals surface area contributed by atoms with Gasteiger partial charge in [-0.3, -0.25) is 9.69 Å². The quantitative estimate of drug-likeness (QED) is 0.554. The van der Waals surface area contributed by atoms with Crippen LogP contribution in [0, 0.1) is 6.92 Å². The predicted octanol–water partition coefficient (Wildman–Crippen LogP) is 4.62. The van der Waals surface area contributed by atoms with Crippen molar-refractivity contribution in [2.45, 2.75) is 24.8 Å². The van der Waals surface area contributed by atoms with E-state index in [-0.39, 0.29) is 5.91 Å². The number of amides is 1. The highest BCUT2D eigenvalue weighted by molar-refractivity contribution is 8.00. The number of thioether (sulfide) groups is 1. The molecule has 1 fully saturated rings. The molecule has 0 saturated carbocycles. The zero-order chi connectivity index (χ0) is 20.2. The second-order valence-electron chi connectivity index (χ2n) is 7.32. The van der Waals surface area contributed by atoms with Gasteiger partial charge < -0.3 is 9.42 Å². The number of carbonyl (C=O) groups excluding carboxylic acids is 1. The number of nitrogens with zero attached hydrogens (tertiary/aromatic N) is 3. The normalized spacial score (nSPS) is 15.6. The van der Waals surface area contributed by atoms with Gasteiger partial charge in [-0.05, 0) is 30.9 Å². The molecule has 4 rings (SSSR count). The molecule has 5 nitrogen and oxygen atoms in total. The zero-order valence-corrected chi connectivity index (χ0v) is 18.0. The standard InChI is InChI=1S/C22H24ClN3O2S/c1-16-13-18(24-28-16)14-25-9-4-10-26(12-11-25)21(27)15-29-20-8-3-6-17-5-2-7-19(23)22(17)20/h2-3,5-8,13H,4,9-12,14-15H2,1H3. The van der Waals surface area contributed by atoms with Crippen molar-refractivity contribution < 1.29 is 9.32 Å². The monoisotopic (exact) mass is 429 g/mol. The summed E-state index contributed by atoms with van der Waals surface area (Å²) in [6.45, 7) is 6.02. The van der Waals surface area contributed by atoms with Crippen LogP contribution in [0.5, 0.6) is 0 Å². The molecule has 0 aliphatic carbocycles. The number of benzene rings is 2. The molecule has 0 radical (unpaired) electrons. The maximum atomic E-state index is 12.8. The van der Waals surface area contributed by atoms with Gasteiger partial charge in [-0.15, -0.1) is 11.8 Å². The lowest BCUT2D eigenvalue weighted by Gasteiger charge is -2.21. The van der Waals surface area contributed by atoms with Gasteiger partial charge in [-0.1, -0.05) is 41.0 Å². The highest BCUT2D eigenvalue weighted by atomic mass is 35.5. The number of fused-ring (bicyclic) bond motifs is 1. The fourth-order valence-electron chi connectivity index (χ4n) is 3.71. The first kappa shape index (κ1) is 20.3. The van der Waals surface area contributed by atoms with Gasteiger partial charge in [0, 0.05) is 54.1 Å². The molecule has 2 heterocycles. The molecular formula is C22H24ClN3O2S. The molecular weight excluding hydrogens is 406 g/mol. The lowest BCUT2D eigenvalue weighted by atomic mass is 10.1. The zero-order valence-electron chi connectivity index (χ0n) is 16.4. The first-order valence-corrected chi connectivity index (χ1v) is 11.2. The third-order valence-corrected chi connectivity index (χ3v) is 6.53. The van der Waals surface area contributed by atoms with Gasteiger partial charge in [0.1, 0.15) is 5.76 Å². The Bertz CT molecular complexity index is 1000. The summed E-state index contributed by atoms with van der Waals surface area (Å²) in [5, 5.41) is 6.93. The second-order valence-corrected chi connectivity index (χ2v) is 8.75. The Morgan fingerprint density at radius 3 is 2.79 bits per heavy atom. The van der Waals surface area contributed by atoms with Gasteiger partial charge in [0.05, 0.1) is 11.4 Å². The maximum Gasteiger partial charge on any atom is 0.232 e. The van der Waals surface area contributed by atoms with Crippen molar-refractivity contribution in [1.82, 2.24) is 15.0 Å². The van der Waals surface area contributed by atoms with Crippen LogP contribution in [0.3, 0.4) is 0 Å². The topological polar surface area (TPSA) is 49.6 Å². The molecule has 1 amide bonds. The molecule has 0 atom stereocenters. The Morgan fingerprint density at radius 2 is 2.00 bits per heavy atom. The first-order valence-electron chi connectivity index (χ1n) is 9.82. The number of carbonyl (C=O) groups is 1. The van der Waals surface area contributed by atoms with Crippen molar-refractivity contribution in [1.29, 1.82) is 0 Å². The van der Waals surface area contributed by atoms with Crippen LogP contribution in [-0.4, -0.2) is 52.8 Å². The summed E-state index contributed by atoms with van der Waals surface area (Å²) in [6, 6.07) is 14.0. The molecule has 152 valence electrons. The fraction of sp³-hybridized carbons (Fsp3) is 0.364. The molecule has 29 heavy (non-hydrogen) atoms. The number of halogens is 1. The van der Waals surface area contributed by atoms with Crippen LogP contribution < -0.4 is 0 Å². The lowest BCUT2D eigenvalue weighted by molar-refractivity contribution is -0.128. The van der Waals surface area contributed by atoms with Crippen LogP contribution in [0.1, 0.15) is 17.9 Å². The SMILES string of the molecule is Cc1cc(CN2CCCN(C(=O)CSc3cccc4cccc(Cl)c34)CC2)no1. The third kappa shape index (κ3) is 4.94. The average molecular weight is 430 g/mol.